The van der Waals surface area contributed by atoms with Crippen LogP contribution in [0, 0.1) is 11.6 Å². The summed E-state index contributed by atoms with van der Waals surface area (Å²) in [5, 5.41) is 9.11. The molecule has 3 aliphatic rings. The van der Waals surface area contributed by atoms with Gasteiger partial charge in [-0.3, -0.25) is 4.79 Å². The lowest BCUT2D eigenvalue weighted by Gasteiger charge is -2.20. The summed E-state index contributed by atoms with van der Waals surface area (Å²) in [5.74, 6) is -3.14. The van der Waals surface area contributed by atoms with Crippen molar-refractivity contribution in [1.29, 1.82) is 0 Å². The number of benzene rings is 3. The average Bonchev–Trinajstić information content (AvgIpc) is 3.66. The van der Waals surface area contributed by atoms with Crippen LogP contribution >= 0.6 is 0 Å². The SMILES string of the molecule is O=C(O)C[C@@H]1COc2cc(O[C@@H]3CCc4c3ccc(C(F)(F)F)c4-c3cc(F)c(O[C@H]4CCOC4)c(F)c3)ccc21. The number of aliphatic carboxylic acids is 1. The van der Waals surface area contributed by atoms with Gasteiger partial charge in [0.15, 0.2) is 17.4 Å². The first-order valence-electron chi connectivity index (χ1n) is 13.2. The zero-order valence-electron chi connectivity index (χ0n) is 21.6. The van der Waals surface area contributed by atoms with Crippen molar-refractivity contribution in [2.45, 2.75) is 50.0 Å². The maximum Gasteiger partial charge on any atom is 0.417 e. The first kappa shape index (κ1) is 27.3. The number of carbonyl (C=O) groups is 1. The molecule has 11 heteroatoms. The second-order valence-electron chi connectivity index (χ2n) is 10.4. The molecule has 1 aliphatic carbocycles. The molecule has 2 aliphatic heterocycles. The van der Waals surface area contributed by atoms with E-state index < -0.39 is 47.3 Å². The Kier molecular flexibility index (Phi) is 7.01. The van der Waals surface area contributed by atoms with Crippen molar-refractivity contribution in [3.05, 3.63) is 76.4 Å². The van der Waals surface area contributed by atoms with E-state index in [1.54, 1.807) is 18.2 Å². The quantitative estimate of drug-likeness (QED) is 0.311. The van der Waals surface area contributed by atoms with E-state index in [2.05, 4.69) is 0 Å². The molecule has 0 bridgehead atoms. The third kappa shape index (κ3) is 5.30. The molecule has 1 fully saturated rings. The van der Waals surface area contributed by atoms with E-state index in [0.29, 0.717) is 42.1 Å². The molecule has 0 radical (unpaired) electrons. The molecule has 3 atom stereocenters. The number of carboxylic acids is 1. The molecule has 2 heterocycles. The Labute approximate surface area is 231 Å². The van der Waals surface area contributed by atoms with Gasteiger partial charge in [0.05, 0.1) is 31.8 Å². The summed E-state index contributed by atoms with van der Waals surface area (Å²) in [6, 6.07) is 9.04. The lowest BCUT2D eigenvalue weighted by Crippen LogP contribution is -2.17. The summed E-state index contributed by atoms with van der Waals surface area (Å²) in [6.07, 6.45) is -5.00. The fourth-order valence-corrected chi connectivity index (χ4v) is 5.82. The van der Waals surface area contributed by atoms with Gasteiger partial charge in [0.1, 0.15) is 23.7 Å². The molecule has 1 N–H and O–H groups in total. The number of rotatable bonds is 7. The van der Waals surface area contributed by atoms with Crippen molar-refractivity contribution < 1.29 is 50.8 Å². The number of ether oxygens (including phenoxy) is 4. The maximum atomic E-state index is 15.0. The molecular weight excluding hydrogens is 551 g/mol. The van der Waals surface area contributed by atoms with Gasteiger partial charge >= 0.3 is 12.1 Å². The van der Waals surface area contributed by atoms with Crippen molar-refractivity contribution in [3.63, 3.8) is 0 Å². The molecule has 0 aromatic heterocycles. The fourth-order valence-electron chi connectivity index (χ4n) is 5.82. The van der Waals surface area contributed by atoms with E-state index in [0.717, 1.165) is 23.8 Å². The monoisotopic (exact) mass is 576 g/mol. The molecule has 1 saturated heterocycles. The predicted molar refractivity (Wildman–Crippen MR) is 135 cm³/mol. The number of hydrogen-bond acceptors (Lipinski definition) is 5. The summed E-state index contributed by atoms with van der Waals surface area (Å²) < 4.78 is 94.8. The Bertz CT molecular complexity index is 1470. The first-order chi connectivity index (χ1) is 19.6. The zero-order chi connectivity index (χ0) is 28.9. The van der Waals surface area contributed by atoms with Gasteiger partial charge in [-0.2, -0.15) is 13.2 Å². The lowest BCUT2D eigenvalue weighted by molar-refractivity contribution is -0.138. The molecule has 3 aromatic carbocycles. The third-order valence-corrected chi connectivity index (χ3v) is 7.68. The molecular formula is C30H25F5O6. The van der Waals surface area contributed by atoms with Crippen molar-refractivity contribution in [2.24, 2.45) is 0 Å². The van der Waals surface area contributed by atoms with Crippen LogP contribution in [-0.2, 0) is 22.1 Å². The Morgan fingerprint density at radius 3 is 2.41 bits per heavy atom. The lowest BCUT2D eigenvalue weighted by atomic mass is 9.91. The summed E-state index contributed by atoms with van der Waals surface area (Å²) in [5.41, 5.74) is 0.0195. The fraction of sp³-hybridized carbons (Fsp3) is 0.367. The molecule has 3 aromatic rings. The summed E-state index contributed by atoms with van der Waals surface area (Å²) >= 11 is 0. The van der Waals surface area contributed by atoms with E-state index >= 15 is 8.78 Å². The first-order valence-corrected chi connectivity index (χ1v) is 13.2. The van der Waals surface area contributed by atoms with E-state index in [4.69, 9.17) is 24.1 Å². The van der Waals surface area contributed by atoms with Gasteiger partial charge in [-0.15, -0.1) is 0 Å². The van der Waals surface area contributed by atoms with Crippen LogP contribution in [0.2, 0.25) is 0 Å². The largest absolute Gasteiger partial charge is 0.492 e. The van der Waals surface area contributed by atoms with Gasteiger partial charge in [0.25, 0.3) is 0 Å². The van der Waals surface area contributed by atoms with E-state index in [1.165, 1.54) is 6.07 Å². The second-order valence-corrected chi connectivity index (χ2v) is 10.4. The minimum atomic E-state index is -4.77. The molecule has 0 amide bonds. The molecule has 216 valence electrons. The smallest absolute Gasteiger partial charge is 0.417 e. The van der Waals surface area contributed by atoms with E-state index in [-0.39, 0.29) is 43.1 Å². The zero-order valence-corrected chi connectivity index (χ0v) is 21.6. The standard InChI is InChI=1S/C30H25F5O6/c31-23-9-15(10-24(32)29(23)41-18-7-8-38-14-18)28-21-4-6-25(20(21)3-5-22(28)30(33,34)35)40-17-1-2-19-16(11-27(36)37)13-39-26(19)12-17/h1-3,5,9-10,12,16,18,25H,4,6-8,11,13-14H2,(H,36,37)/t16-,18+,25-/m1/s1. The van der Waals surface area contributed by atoms with Crippen LogP contribution in [0.3, 0.4) is 0 Å². The predicted octanol–water partition coefficient (Wildman–Crippen LogP) is 6.84. The van der Waals surface area contributed by atoms with Crippen LogP contribution in [-0.4, -0.2) is 37.0 Å². The van der Waals surface area contributed by atoms with Crippen molar-refractivity contribution in [1.82, 2.24) is 0 Å². The van der Waals surface area contributed by atoms with Gasteiger partial charge in [0, 0.05) is 24.0 Å². The average molecular weight is 577 g/mol. The van der Waals surface area contributed by atoms with Gasteiger partial charge < -0.3 is 24.1 Å². The molecule has 6 rings (SSSR count). The summed E-state index contributed by atoms with van der Waals surface area (Å²) in [6.45, 7) is 0.794. The Balaban J connectivity index is 1.32. The Morgan fingerprint density at radius 2 is 1.73 bits per heavy atom. The highest BCUT2D eigenvalue weighted by Crippen LogP contribution is 2.48. The highest BCUT2D eigenvalue weighted by molar-refractivity contribution is 5.75. The second kappa shape index (κ2) is 10.5. The minimum absolute atomic E-state index is 0.0726. The number of carboxylic acid groups (broad SMARTS) is 1. The van der Waals surface area contributed by atoms with E-state index in [9.17, 15) is 18.0 Å². The topological polar surface area (TPSA) is 74.2 Å². The molecule has 0 spiro atoms. The van der Waals surface area contributed by atoms with E-state index in [1.807, 2.05) is 0 Å². The normalized spacial score (nSPS) is 21.3. The van der Waals surface area contributed by atoms with Crippen LogP contribution in [0.4, 0.5) is 22.0 Å². The van der Waals surface area contributed by atoms with Crippen LogP contribution in [0.25, 0.3) is 11.1 Å². The number of hydrogen-bond donors (Lipinski definition) is 1. The van der Waals surface area contributed by atoms with Crippen molar-refractivity contribution >= 4 is 5.97 Å². The Morgan fingerprint density at radius 1 is 0.976 bits per heavy atom. The van der Waals surface area contributed by atoms with Crippen molar-refractivity contribution in [2.75, 3.05) is 19.8 Å². The minimum Gasteiger partial charge on any atom is -0.492 e. The van der Waals surface area contributed by atoms with Crippen LogP contribution in [0.1, 0.15) is 53.5 Å². The van der Waals surface area contributed by atoms with Gasteiger partial charge in [-0.05, 0) is 59.4 Å². The van der Waals surface area contributed by atoms with Crippen molar-refractivity contribution in [3.8, 4) is 28.4 Å². The Hall–Kier alpha value is -3.86. The number of alkyl halides is 3. The van der Waals surface area contributed by atoms with Gasteiger partial charge in [-0.1, -0.05) is 12.1 Å². The third-order valence-electron chi connectivity index (χ3n) is 7.68. The molecule has 6 nitrogen and oxygen atoms in total. The number of halogens is 5. The molecule has 0 unspecified atom stereocenters. The van der Waals surface area contributed by atoms with Crippen LogP contribution in [0.5, 0.6) is 17.2 Å². The van der Waals surface area contributed by atoms with Gasteiger partial charge in [-0.25, -0.2) is 8.78 Å². The highest BCUT2D eigenvalue weighted by atomic mass is 19.4. The molecule has 0 saturated carbocycles. The van der Waals surface area contributed by atoms with Crippen LogP contribution in [0.15, 0.2) is 42.5 Å². The highest BCUT2D eigenvalue weighted by Gasteiger charge is 2.39. The molecule has 41 heavy (non-hydrogen) atoms. The maximum absolute atomic E-state index is 15.0. The van der Waals surface area contributed by atoms with Gasteiger partial charge in [0.2, 0.25) is 0 Å². The number of fused-ring (bicyclic) bond motifs is 2. The van der Waals surface area contributed by atoms with Crippen LogP contribution < -0.4 is 14.2 Å². The summed E-state index contributed by atoms with van der Waals surface area (Å²) in [7, 11) is 0. The summed E-state index contributed by atoms with van der Waals surface area (Å²) in [4.78, 5) is 11.1.